The molecule has 0 bridgehead atoms. The van der Waals surface area contributed by atoms with Gasteiger partial charge < -0.3 is 4.90 Å². The van der Waals surface area contributed by atoms with E-state index in [0.717, 1.165) is 17.1 Å². The quantitative estimate of drug-likeness (QED) is 0.157. The zero-order valence-electron chi connectivity index (χ0n) is 35.1. The smallest absolute Gasteiger partial charge is 0.0732 e. The van der Waals surface area contributed by atoms with E-state index in [-0.39, 0.29) is 0 Å². The van der Waals surface area contributed by atoms with Crippen molar-refractivity contribution in [3.63, 3.8) is 0 Å². The number of para-hydroxylation sites is 1. The molecule has 0 radical (unpaired) electrons. The van der Waals surface area contributed by atoms with Crippen molar-refractivity contribution in [3.8, 4) is 55.6 Å². The predicted octanol–water partition coefficient (Wildman–Crippen LogP) is 16.8. The number of rotatable bonds is 5. The summed E-state index contributed by atoms with van der Waals surface area (Å²) in [4.78, 5) is 2.43. The second-order valence-electron chi connectivity index (χ2n) is 17.1. The number of fused-ring (bicyclic) bond motifs is 17. The Bertz CT molecular complexity index is 3590. The van der Waals surface area contributed by atoms with Gasteiger partial charge in [0.15, 0.2) is 0 Å². The minimum absolute atomic E-state index is 0.658. The Labute approximate surface area is 373 Å². The fraction of sp³-hybridized carbons (Fsp3) is 0.0159. The highest BCUT2D eigenvalue weighted by molar-refractivity contribution is 6.19. The van der Waals surface area contributed by atoms with Crippen LogP contribution in [0.2, 0.25) is 0 Å². The van der Waals surface area contributed by atoms with Gasteiger partial charge in [0.2, 0.25) is 0 Å². The van der Waals surface area contributed by atoms with Gasteiger partial charge in [0, 0.05) is 17.1 Å². The molecule has 298 valence electrons. The van der Waals surface area contributed by atoms with Crippen LogP contribution in [0.3, 0.4) is 0 Å². The first kappa shape index (κ1) is 36.4. The molecule has 0 aromatic heterocycles. The van der Waals surface area contributed by atoms with Crippen LogP contribution in [0, 0.1) is 0 Å². The molecule has 1 nitrogen and oxygen atoms in total. The van der Waals surface area contributed by atoms with Crippen molar-refractivity contribution in [1.29, 1.82) is 0 Å². The van der Waals surface area contributed by atoms with Crippen LogP contribution >= 0.6 is 0 Å². The van der Waals surface area contributed by atoms with E-state index in [1.165, 1.54) is 99.4 Å². The van der Waals surface area contributed by atoms with Gasteiger partial charge in [0.05, 0.1) is 5.41 Å². The molecule has 1 spiro atoms. The molecule has 1 heteroatoms. The molecule has 1 atom stereocenters. The van der Waals surface area contributed by atoms with Gasteiger partial charge in [-0.25, -0.2) is 0 Å². The molecule has 11 aromatic carbocycles. The van der Waals surface area contributed by atoms with Gasteiger partial charge in [0.1, 0.15) is 0 Å². The summed E-state index contributed by atoms with van der Waals surface area (Å²) in [5.74, 6) is 0. The van der Waals surface area contributed by atoms with Gasteiger partial charge in [-0.1, -0.05) is 212 Å². The van der Waals surface area contributed by atoms with E-state index in [1.807, 2.05) is 0 Å². The molecule has 0 N–H and O–H groups in total. The Kier molecular flexibility index (Phi) is 8.20. The summed E-state index contributed by atoms with van der Waals surface area (Å²) in [6.07, 6.45) is 0. The van der Waals surface area contributed by atoms with Gasteiger partial charge in [-0.2, -0.15) is 0 Å². The third-order valence-corrected chi connectivity index (χ3v) is 13.9. The third kappa shape index (κ3) is 5.31. The largest absolute Gasteiger partial charge is 0.310 e. The maximum atomic E-state index is 2.52. The highest BCUT2D eigenvalue weighted by atomic mass is 15.1. The van der Waals surface area contributed by atoms with E-state index in [1.54, 1.807) is 0 Å². The highest BCUT2D eigenvalue weighted by Gasteiger charge is 2.51. The average molecular weight is 812 g/mol. The van der Waals surface area contributed by atoms with Gasteiger partial charge in [-0.15, -0.1) is 0 Å². The number of hydrogen-bond acceptors (Lipinski definition) is 1. The first-order chi connectivity index (χ1) is 31.8. The number of benzene rings is 11. The summed E-state index contributed by atoms with van der Waals surface area (Å²) in [5.41, 5.74) is 20.4. The summed E-state index contributed by atoms with van der Waals surface area (Å²) in [6.45, 7) is 0. The molecule has 13 rings (SSSR count). The van der Waals surface area contributed by atoms with Crippen LogP contribution in [-0.2, 0) is 5.41 Å². The van der Waals surface area contributed by atoms with E-state index in [2.05, 4.69) is 254 Å². The molecule has 2 aliphatic rings. The Balaban J connectivity index is 1.08. The van der Waals surface area contributed by atoms with Crippen LogP contribution in [-0.4, -0.2) is 0 Å². The van der Waals surface area contributed by atoms with E-state index in [4.69, 9.17) is 0 Å². The summed E-state index contributed by atoms with van der Waals surface area (Å²) < 4.78 is 0. The normalized spacial score (nSPS) is 14.3. The summed E-state index contributed by atoms with van der Waals surface area (Å²) in [6, 6.07) is 92.3. The minimum atomic E-state index is -0.658. The topological polar surface area (TPSA) is 3.24 Å². The Morgan fingerprint density at radius 2 is 0.656 bits per heavy atom. The standard InChI is InChI=1S/C63H41N/c1-3-17-42(18-4-1)43-31-33-44(34-32-43)45-35-37-47(38-36-45)64(46-19-5-2-6-20-46)48-39-40-54-50-22-8-7-21-49(50)53-25-13-15-29-58(53)63(60(54)41-48)59-30-16-14-28-57(59)61-55-26-11-9-23-51(55)52-24-10-12-27-56(52)62(61)63/h1-41H. The number of anilines is 3. The lowest BCUT2D eigenvalue weighted by molar-refractivity contribution is 0.783. The van der Waals surface area contributed by atoms with Crippen LogP contribution in [0.4, 0.5) is 17.1 Å². The Hall–Kier alpha value is -8.26. The van der Waals surface area contributed by atoms with Crippen LogP contribution in [0.25, 0.3) is 77.2 Å². The molecule has 0 fully saturated rings. The summed E-state index contributed by atoms with van der Waals surface area (Å²) >= 11 is 0. The maximum Gasteiger partial charge on any atom is 0.0732 e. The molecular weight excluding hydrogens is 771 g/mol. The van der Waals surface area contributed by atoms with Crippen molar-refractivity contribution in [2.75, 3.05) is 4.90 Å². The van der Waals surface area contributed by atoms with Crippen LogP contribution < -0.4 is 4.90 Å². The molecule has 64 heavy (non-hydrogen) atoms. The Morgan fingerprint density at radius 3 is 1.30 bits per heavy atom. The van der Waals surface area contributed by atoms with E-state index in [0.29, 0.717) is 0 Å². The lowest BCUT2D eigenvalue weighted by Gasteiger charge is -2.37. The van der Waals surface area contributed by atoms with Crippen molar-refractivity contribution >= 4 is 38.6 Å². The average Bonchev–Trinajstić information content (AvgIpc) is 3.64. The third-order valence-electron chi connectivity index (χ3n) is 13.9. The maximum absolute atomic E-state index is 2.52. The molecular formula is C63H41N. The fourth-order valence-corrected chi connectivity index (χ4v) is 11.2. The molecule has 0 amide bonds. The van der Waals surface area contributed by atoms with E-state index < -0.39 is 5.41 Å². The molecule has 0 saturated carbocycles. The first-order valence-corrected chi connectivity index (χ1v) is 22.3. The Morgan fingerprint density at radius 1 is 0.250 bits per heavy atom. The van der Waals surface area contributed by atoms with Crippen molar-refractivity contribution in [3.05, 3.63) is 271 Å². The minimum Gasteiger partial charge on any atom is -0.310 e. The number of nitrogens with zero attached hydrogens (tertiary/aromatic N) is 1. The van der Waals surface area contributed by atoms with Crippen LogP contribution in [0.5, 0.6) is 0 Å². The fourth-order valence-electron chi connectivity index (χ4n) is 11.2. The van der Waals surface area contributed by atoms with Crippen molar-refractivity contribution < 1.29 is 0 Å². The first-order valence-electron chi connectivity index (χ1n) is 22.3. The molecule has 1 unspecified atom stereocenters. The van der Waals surface area contributed by atoms with Crippen LogP contribution in [0.15, 0.2) is 249 Å². The number of hydrogen-bond donors (Lipinski definition) is 0. The SMILES string of the molecule is c1ccc(-c2ccc(-c3ccc(N(c4ccccc4)c4ccc5c(c4)C4(c6ccccc6-c6ccccc6-5)c5ccccc5-c5c4c4ccccc4c4ccccc54)cc3)cc2)cc1. The summed E-state index contributed by atoms with van der Waals surface area (Å²) in [5, 5.41) is 5.14. The van der Waals surface area contributed by atoms with Crippen molar-refractivity contribution in [2.24, 2.45) is 0 Å². The second-order valence-corrected chi connectivity index (χ2v) is 17.1. The highest BCUT2D eigenvalue weighted by Crippen LogP contribution is 2.64. The summed E-state index contributed by atoms with van der Waals surface area (Å²) in [7, 11) is 0. The van der Waals surface area contributed by atoms with Gasteiger partial charge in [0.25, 0.3) is 0 Å². The molecule has 0 aliphatic heterocycles. The van der Waals surface area contributed by atoms with Crippen molar-refractivity contribution in [2.45, 2.75) is 5.41 Å². The zero-order valence-corrected chi connectivity index (χ0v) is 35.1. The monoisotopic (exact) mass is 811 g/mol. The second kappa shape index (κ2) is 14.4. The molecule has 2 aliphatic carbocycles. The van der Waals surface area contributed by atoms with Gasteiger partial charge in [-0.3, -0.25) is 0 Å². The van der Waals surface area contributed by atoms with Crippen molar-refractivity contribution in [1.82, 2.24) is 0 Å². The zero-order chi connectivity index (χ0) is 42.2. The lowest BCUT2D eigenvalue weighted by atomic mass is 9.64. The predicted molar refractivity (Wildman–Crippen MR) is 269 cm³/mol. The lowest BCUT2D eigenvalue weighted by Crippen LogP contribution is -2.30. The van der Waals surface area contributed by atoms with E-state index >= 15 is 0 Å². The van der Waals surface area contributed by atoms with E-state index in [9.17, 15) is 0 Å². The van der Waals surface area contributed by atoms with Gasteiger partial charge in [-0.05, 0) is 136 Å². The van der Waals surface area contributed by atoms with Gasteiger partial charge >= 0.3 is 0 Å². The molecule has 11 aromatic rings. The molecule has 0 heterocycles. The van der Waals surface area contributed by atoms with Crippen LogP contribution in [0.1, 0.15) is 22.3 Å². The molecule has 0 saturated heterocycles.